The van der Waals surface area contributed by atoms with Gasteiger partial charge in [-0.05, 0) is 38.3 Å². The monoisotopic (exact) mass is 215 g/mol. The number of nitrogens with zero attached hydrogens (tertiary/aromatic N) is 1. The molecule has 70 valence electrons. The number of aromatic amines is 2. The van der Waals surface area contributed by atoms with Crippen LogP contribution in [0.2, 0.25) is 0 Å². The Hall–Kier alpha value is -0.880. The van der Waals surface area contributed by atoms with Gasteiger partial charge in [-0.3, -0.25) is 4.79 Å². The standard InChI is InChI=1S/C7H9N3OS2/c1-3(4(2)11)5-8-6(12)10-7(13)9-5/h3H,1-2H3,(H2,8,9,10,12,13)/t3-/m0/s1. The number of H-pyrrole nitrogens is 2. The molecule has 0 radical (unpaired) electrons. The van der Waals surface area contributed by atoms with E-state index in [0.717, 1.165) is 0 Å². The minimum Gasteiger partial charge on any atom is -0.320 e. The van der Waals surface area contributed by atoms with Crippen molar-refractivity contribution in [1.29, 1.82) is 0 Å². The van der Waals surface area contributed by atoms with E-state index in [-0.39, 0.29) is 11.7 Å². The Balaban J connectivity index is 3.23. The molecule has 0 aliphatic rings. The summed E-state index contributed by atoms with van der Waals surface area (Å²) in [5, 5.41) is 0. The second-order valence-electron chi connectivity index (χ2n) is 2.71. The van der Waals surface area contributed by atoms with E-state index in [9.17, 15) is 4.79 Å². The number of ketones is 1. The SMILES string of the molecule is CC(=O)[C@H](C)c1nc(=S)[nH]c(=S)[nH]1. The minimum absolute atomic E-state index is 0.0266. The number of carbonyl (C=O) groups excluding carboxylic acids is 1. The molecule has 13 heavy (non-hydrogen) atoms. The van der Waals surface area contributed by atoms with Gasteiger partial charge in [-0.25, -0.2) is 4.98 Å². The fourth-order valence-corrected chi connectivity index (χ4v) is 1.27. The highest BCUT2D eigenvalue weighted by atomic mass is 32.1. The van der Waals surface area contributed by atoms with Gasteiger partial charge >= 0.3 is 0 Å². The Kier molecular flexibility index (Phi) is 3.05. The Morgan fingerprint density at radius 1 is 1.46 bits per heavy atom. The highest BCUT2D eigenvalue weighted by Crippen LogP contribution is 2.09. The van der Waals surface area contributed by atoms with Gasteiger partial charge in [0.25, 0.3) is 0 Å². The molecular weight excluding hydrogens is 206 g/mol. The van der Waals surface area contributed by atoms with E-state index >= 15 is 0 Å². The molecule has 1 heterocycles. The van der Waals surface area contributed by atoms with E-state index in [1.54, 1.807) is 6.92 Å². The Morgan fingerprint density at radius 3 is 2.54 bits per heavy atom. The third kappa shape index (κ3) is 2.53. The van der Waals surface area contributed by atoms with Crippen LogP contribution in [0.1, 0.15) is 25.6 Å². The normalized spacial score (nSPS) is 12.5. The van der Waals surface area contributed by atoms with Crippen molar-refractivity contribution in [3.63, 3.8) is 0 Å². The van der Waals surface area contributed by atoms with Gasteiger partial charge in [0.15, 0.2) is 4.77 Å². The highest BCUT2D eigenvalue weighted by Gasteiger charge is 2.12. The number of hydrogen-bond acceptors (Lipinski definition) is 4. The molecule has 1 atom stereocenters. The van der Waals surface area contributed by atoms with Crippen molar-refractivity contribution in [1.82, 2.24) is 15.0 Å². The molecule has 0 saturated heterocycles. The van der Waals surface area contributed by atoms with Gasteiger partial charge in [0, 0.05) is 0 Å². The second-order valence-corrected chi connectivity index (χ2v) is 3.51. The summed E-state index contributed by atoms with van der Waals surface area (Å²) in [5.74, 6) is 0.248. The molecule has 0 amide bonds. The van der Waals surface area contributed by atoms with Gasteiger partial charge in [0.2, 0.25) is 4.77 Å². The molecule has 0 aromatic carbocycles. The average molecular weight is 215 g/mol. The van der Waals surface area contributed by atoms with Crippen molar-refractivity contribution in [3.05, 3.63) is 15.4 Å². The van der Waals surface area contributed by atoms with Crippen LogP contribution in [0, 0.1) is 9.54 Å². The molecule has 2 N–H and O–H groups in total. The van der Waals surface area contributed by atoms with Crippen molar-refractivity contribution in [2.75, 3.05) is 0 Å². The van der Waals surface area contributed by atoms with Crippen LogP contribution in [0.5, 0.6) is 0 Å². The van der Waals surface area contributed by atoms with Crippen molar-refractivity contribution < 1.29 is 4.79 Å². The van der Waals surface area contributed by atoms with E-state index in [2.05, 4.69) is 15.0 Å². The molecule has 0 fully saturated rings. The molecule has 1 aromatic heterocycles. The van der Waals surface area contributed by atoms with Gasteiger partial charge < -0.3 is 9.97 Å². The van der Waals surface area contributed by atoms with Crippen LogP contribution in [-0.4, -0.2) is 20.7 Å². The third-order valence-electron chi connectivity index (χ3n) is 1.70. The number of carbonyl (C=O) groups is 1. The Morgan fingerprint density at radius 2 is 2.08 bits per heavy atom. The van der Waals surface area contributed by atoms with E-state index in [1.165, 1.54) is 6.92 Å². The van der Waals surface area contributed by atoms with Gasteiger partial charge in [0.1, 0.15) is 11.6 Å². The molecule has 6 heteroatoms. The van der Waals surface area contributed by atoms with Gasteiger partial charge in [0.05, 0.1) is 5.92 Å². The number of rotatable bonds is 2. The molecule has 0 aliphatic heterocycles. The Bertz CT molecular complexity index is 406. The van der Waals surface area contributed by atoms with Crippen LogP contribution in [0.3, 0.4) is 0 Å². The lowest BCUT2D eigenvalue weighted by atomic mass is 10.1. The number of hydrogen-bond donors (Lipinski definition) is 2. The molecule has 0 bridgehead atoms. The summed E-state index contributed by atoms with van der Waals surface area (Å²) in [6.45, 7) is 3.26. The van der Waals surface area contributed by atoms with E-state index in [4.69, 9.17) is 24.4 Å². The van der Waals surface area contributed by atoms with Crippen molar-refractivity contribution in [2.24, 2.45) is 0 Å². The maximum atomic E-state index is 11.0. The third-order valence-corrected chi connectivity index (χ3v) is 2.10. The zero-order valence-electron chi connectivity index (χ0n) is 7.25. The number of aromatic nitrogens is 3. The highest BCUT2D eigenvalue weighted by molar-refractivity contribution is 7.71. The van der Waals surface area contributed by atoms with Crippen molar-refractivity contribution >= 4 is 30.2 Å². The van der Waals surface area contributed by atoms with Crippen LogP contribution in [0.15, 0.2) is 0 Å². The zero-order chi connectivity index (χ0) is 10.0. The largest absolute Gasteiger partial charge is 0.320 e. The van der Waals surface area contributed by atoms with Crippen LogP contribution in [-0.2, 0) is 4.79 Å². The first-order valence-corrected chi connectivity index (χ1v) is 4.53. The van der Waals surface area contributed by atoms with Crippen molar-refractivity contribution in [3.8, 4) is 0 Å². The van der Waals surface area contributed by atoms with Crippen LogP contribution < -0.4 is 0 Å². The van der Waals surface area contributed by atoms with Gasteiger partial charge in [-0.15, -0.1) is 0 Å². The van der Waals surface area contributed by atoms with E-state index < -0.39 is 0 Å². The lowest BCUT2D eigenvalue weighted by Crippen LogP contribution is -2.09. The summed E-state index contributed by atoms with van der Waals surface area (Å²) in [4.78, 5) is 20.4. The topological polar surface area (TPSA) is 61.5 Å². The Labute approximate surface area is 85.4 Å². The summed E-state index contributed by atoms with van der Waals surface area (Å²) in [7, 11) is 0. The number of Topliss-reactive ketones (excluding diaryl/α,β-unsaturated/α-hetero) is 1. The molecule has 0 aliphatic carbocycles. The van der Waals surface area contributed by atoms with Gasteiger partial charge in [-0.1, -0.05) is 0 Å². The second kappa shape index (κ2) is 3.89. The predicted octanol–water partition coefficient (Wildman–Crippen LogP) is 1.89. The first-order valence-electron chi connectivity index (χ1n) is 3.71. The van der Waals surface area contributed by atoms with Crippen LogP contribution >= 0.6 is 24.4 Å². The molecule has 0 saturated carbocycles. The van der Waals surface area contributed by atoms with E-state index in [1.807, 2.05) is 0 Å². The summed E-state index contributed by atoms with van der Waals surface area (Å²) in [5.41, 5.74) is 0. The molecule has 1 aromatic rings. The molecule has 0 unspecified atom stereocenters. The quantitative estimate of drug-likeness (QED) is 0.739. The average Bonchev–Trinajstić information content (AvgIpc) is 2.01. The smallest absolute Gasteiger partial charge is 0.200 e. The molecule has 4 nitrogen and oxygen atoms in total. The van der Waals surface area contributed by atoms with Crippen molar-refractivity contribution in [2.45, 2.75) is 19.8 Å². The zero-order valence-corrected chi connectivity index (χ0v) is 8.88. The fraction of sp³-hybridized carbons (Fsp3) is 0.429. The molecule has 1 rings (SSSR count). The summed E-state index contributed by atoms with van der Waals surface area (Å²) in [6.07, 6.45) is 0. The first-order chi connectivity index (χ1) is 6.00. The lowest BCUT2D eigenvalue weighted by Gasteiger charge is -2.05. The maximum absolute atomic E-state index is 11.0. The molecule has 0 spiro atoms. The van der Waals surface area contributed by atoms with Crippen LogP contribution in [0.4, 0.5) is 0 Å². The molecular formula is C7H9N3OS2. The predicted molar refractivity (Wildman–Crippen MR) is 53.7 cm³/mol. The van der Waals surface area contributed by atoms with Gasteiger partial charge in [-0.2, -0.15) is 0 Å². The maximum Gasteiger partial charge on any atom is 0.200 e. The minimum atomic E-state index is -0.294. The summed E-state index contributed by atoms with van der Waals surface area (Å²) in [6, 6.07) is 0. The summed E-state index contributed by atoms with van der Waals surface area (Å²) >= 11 is 9.69. The lowest BCUT2D eigenvalue weighted by molar-refractivity contribution is -0.118. The van der Waals surface area contributed by atoms with Crippen LogP contribution in [0.25, 0.3) is 0 Å². The van der Waals surface area contributed by atoms with E-state index in [0.29, 0.717) is 15.4 Å². The summed E-state index contributed by atoms with van der Waals surface area (Å²) < 4.78 is 0.690. The number of nitrogens with one attached hydrogen (secondary N) is 2. The first kappa shape index (κ1) is 10.2. The fourth-order valence-electron chi connectivity index (χ4n) is 0.808.